The molecule has 9 heteroatoms. The third kappa shape index (κ3) is 3.34. The molecule has 1 amide bonds. The number of amides is 1. The molecule has 0 fully saturated rings. The molecule has 0 saturated heterocycles. The monoisotopic (exact) mass is 298 g/mol. The van der Waals surface area contributed by atoms with Crippen molar-refractivity contribution < 1.29 is 13.2 Å². The maximum absolute atomic E-state index is 11.8. The topological polar surface area (TPSA) is 115 Å². The van der Waals surface area contributed by atoms with Crippen LogP contribution < -0.4 is 10.5 Å². The van der Waals surface area contributed by atoms with E-state index < -0.39 is 15.9 Å². The second-order valence-electron chi connectivity index (χ2n) is 3.74. The molecule has 0 unspecified atom stereocenters. The average molecular weight is 298 g/mol. The van der Waals surface area contributed by atoms with Gasteiger partial charge in [-0.3, -0.25) is 10.1 Å². The molecule has 19 heavy (non-hydrogen) atoms. The number of aromatic nitrogens is 2. The minimum Gasteiger partial charge on any atom is -0.296 e. The molecule has 3 N–H and O–H groups in total. The van der Waals surface area contributed by atoms with Crippen LogP contribution >= 0.6 is 11.3 Å². The van der Waals surface area contributed by atoms with Crippen LogP contribution in [-0.4, -0.2) is 24.5 Å². The second kappa shape index (κ2) is 5.03. The van der Waals surface area contributed by atoms with Crippen LogP contribution in [0, 0.1) is 6.92 Å². The number of anilines is 1. The van der Waals surface area contributed by atoms with Crippen LogP contribution in [0.25, 0.3) is 0 Å². The summed E-state index contributed by atoms with van der Waals surface area (Å²) in [6.07, 6.45) is 0. The summed E-state index contributed by atoms with van der Waals surface area (Å²) in [7, 11) is -3.89. The number of carbonyl (C=O) groups is 1. The van der Waals surface area contributed by atoms with Crippen molar-refractivity contribution >= 4 is 32.4 Å². The number of hydrogen-bond donors (Lipinski definition) is 2. The number of hydrogen-bond acceptors (Lipinski definition) is 6. The van der Waals surface area contributed by atoms with E-state index in [2.05, 4.69) is 15.5 Å². The Labute approximate surface area is 113 Å². The van der Waals surface area contributed by atoms with E-state index >= 15 is 0 Å². The molecule has 0 atom stereocenters. The van der Waals surface area contributed by atoms with Crippen LogP contribution in [0.5, 0.6) is 0 Å². The zero-order chi connectivity index (χ0) is 14.0. The van der Waals surface area contributed by atoms with Crippen molar-refractivity contribution in [2.24, 2.45) is 5.14 Å². The van der Waals surface area contributed by atoms with Crippen molar-refractivity contribution in [1.82, 2.24) is 10.2 Å². The Morgan fingerprint density at radius 1 is 1.26 bits per heavy atom. The molecule has 1 heterocycles. The first-order chi connectivity index (χ1) is 8.86. The Kier molecular flexibility index (Phi) is 3.60. The van der Waals surface area contributed by atoms with Crippen LogP contribution in [-0.2, 0) is 10.0 Å². The van der Waals surface area contributed by atoms with Crippen molar-refractivity contribution in [3.05, 3.63) is 35.4 Å². The average Bonchev–Trinajstić information content (AvgIpc) is 2.78. The molecular weight excluding hydrogens is 288 g/mol. The normalized spacial score (nSPS) is 11.3. The van der Waals surface area contributed by atoms with Crippen LogP contribution in [0.2, 0.25) is 0 Å². The fraction of sp³-hybridized carbons (Fsp3) is 0.100. The van der Waals surface area contributed by atoms with Gasteiger partial charge in [0.1, 0.15) is 0 Å². The van der Waals surface area contributed by atoms with Crippen molar-refractivity contribution in [2.45, 2.75) is 11.3 Å². The number of sulfonamides is 1. The number of primary sulfonamides is 1. The van der Waals surface area contributed by atoms with Gasteiger partial charge in [0.05, 0.1) is 0 Å². The Morgan fingerprint density at radius 3 is 2.42 bits per heavy atom. The van der Waals surface area contributed by atoms with Gasteiger partial charge >= 0.3 is 0 Å². The molecule has 1 aromatic heterocycles. The maximum Gasteiger partial charge on any atom is 0.267 e. The Morgan fingerprint density at radius 2 is 1.89 bits per heavy atom. The summed E-state index contributed by atoms with van der Waals surface area (Å²) in [6.45, 7) is 1.91. The van der Waals surface area contributed by atoms with Crippen molar-refractivity contribution in [1.29, 1.82) is 0 Å². The molecule has 2 aromatic rings. The lowest BCUT2D eigenvalue weighted by Crippen LogP contribution is -2.11. The van der Waals surface area contributed by atoms with Crippen molar-refractivity contribution in [3.63, 3.8) is 0 Å². The quantitative estimate of drug-likeness (QED) is 0.811. The van der Waals surface area contributed by atoms with E-state index in [4.69, 9.17) is 5.14 Å². The molecule has 0 spiro atoms. The fourth-order valence-corrected chi connectivity index (χ4v) is 2.58. The molecule has 0 aliphatic carbocycles. The van der Waals surface area contributed by atoms with Crippen LogP contribution in [0.3, 0.4) is 0 Å². The molecule has 0 aliphatic rings. The third-order valence-corrected chi connectivity index (χ3v) is 4.33. The first kappa shape index (κ1) is 13.6. The van der Waals surface area contributed by atoms with Crippen molar-refractivity contribution in [3.8, 4) is 0 Å². The number of benzene rings is 1. The van der Waals surface area contributed by atoms with Crippen LogP contribution in [0.4, 0.5) is 5.13 Å². The zero-order valence-corrected chi connectivity index (χ0v) is 11.5. The predicted molar refractivity (Wildman–Crippen MR) is 70.4 cm³/mol. The van der Waals surface area contributed by atoms with Crippen molar-refractivity contribution in [2.75, 3.05) is 5.32 Å². The highest BCUT2D eigenvalue weighted by molar-refractivity contribution is 7.91. The van der Waals surface area contributed by atoms with E-state index in [-0.39, 0.29) is 9.47 Å². The van der Waals surface area contributed by atoms with E-state index in [9.17, 15) is 13.2 Å². The largest absolute Gasteiger partial charge is 0.296 e. The van der Waals surface area contributed by atoms with Gasteiger partial charge in [-0.05, 0) is 19.1 Å². The fourth-order valence-electron chi connectivity index (χ4n) is 1.25. The smallest absolute Gasteiger partial charge is 0.267 e. The van der Waals surface area contributed by atoms with Gasteiger partial charge in [0.25, 0.3) is 15.9 Å². The second-order valence-corrected chi connectivity index (χ2v) is 6.45. The highest BCUT2D eigenvalue weighted by Gasteiger charge is 2.16. The Balaban J connectivity index is 2.15. The number of aryl methyl sites for hydroxylation is 1. The molecule has 2 rings (SSSR count). The van der Waals surface area contributed by atoms with Gasteiger partial charge in [0, 0.05) is 5.56 Å². The van der Waals surface area contributed by atoms with Gasteiger partial charge in [-0.1, -0.05) is 29.0 Å². The van der Waals surface area contributed by atoms with E-state index in [1.807, 2.05) is 6.92 Å². The Hall–Kier alpha value is -1.84. The summed E-state index contributed by atoms with van der Waals surface area (Å²) < 4.78 is 21.7. The summed E-state index contributed by atoms with van der Waals surface area (Å²) >= 11 is 0.699. The van der Waals surface area contributed by atoms with Gasteiger partial charge < -0.3 is 0 Å². The summed E-state index contributed by atoms with van der Waals surface area (Å²) in [5.41, 5.74) is 1.47. The van der Waals surface area contributed by atoms with Gasteiger partial charge in [-0.25, -0.2) is 13.6 Å². The van der Waals surface area contributed by atoms with E-state index in [0.29, 0.717) is 16.9 Å². The number of carbonyl (C=O) groups excluding carboxylic acids is 1. The molecule has 100 valence electrons. The summed E-state index contributed by atoms with van der Waals surface area (Å²) in [6, 6.07) is 6.91. The first-order valence-corrected chi connectivity index (χ1v) is 7.47. The highest BCUT2D eigenvalue weighted by atomic mass is 32.2. The third-order valence-electron chi connectivity index (χ3n) is 2.18. The predicted octanol–water partition coefficient (Wildman–Crippen LogP) is 0.746. The number of nitrogens with two attached hydrogens (primary N) is 1. The Bertz CT molecular complexity index is 707. The highest BCUT2D eigenvalue weighted by Crippen LogP contribution is 2.19. The molecule has 0 saturated carbocycles. The molecule has 0 aliphatic heterocycles. The van der Waals surface area contributed by atoms with Gasteiger partial charge in [-0.15, -0.1) is 10.2 Å². The molecule has 0 radical (unpaired) electrons. The standard InChI is InChI=1S/C10H10N4O3S2/c1-6-2-4-7(5-3-6)8(15)12-9-13-14-10(18-9)19(11,16)17/h2-5H,1H3,(H2,11,16,17)(H,12,13,15). The van der Waals surface area contributed by atoms with Gasteiger partial charge in [0.15, 0.2) is 0 Å². The molecule has 1 aromatic carbocycles. The first-order valence-electron chi connectivity index (χ1n) is 5.10. The zero-order valence-electron chi connectivity index (χ0n) is 9.82. The van der Waals surface area contributed by atoms with Crippen LogP contribution in [0.15, 0.2) is 28.6 Å². The van der Waals surface area contributed by atoms with E-state index in [1.54, 1.807) is 24.3 Å². The minimum absolute atomic E-state index is 0.0783. The van der Waals surface area contributed by atoms with E-state index in [1.165, 1.54) is 0 Å². The molecule has 0 bridgehead atoms. The maximum atomic E-state index is 11.8. The minimum atomic E-state index is -3.89. The lowest BCUT2D eigenvalue weighted by atomic mass is 10.1. The molecular formula is C10H10N4O3S2. The SMILES string of the molecule is Cc1ccc(C(=O)Nc2nnc(S(N)(=O)=O)s2)cc1. The van der Waals surface area contributed by atoms with Crippen LogP contribution in [0.1, 0.15) is 15.9 Å². The lowest BCUT2D eigenvalue weighted by molar-refractivity contribution is 0.102. The summed E-state index contributed by atoms with van der Waals surface area (Å²) in [4.78, 5) is 11.8. The lowest BCUT2D eigenvalue weighted by Gasteiger charge is -2.01. The summed E-state index contributed by atoms with van der Waals surface area (Å²) in [5, 5.41) is 14.4. The van der Waals surface area contributed by atoms with E-state index in [0.717, 1.165) is 5.56 Å². The number of nitrogens with one attached hydrogen (secondary N) is 1. The molecule has 7 nitrogen and oxygen atoms in total. The number of nitrogens with zero attached hydrogens (tertiary/aromatic N) is 2. The van der Waals surface area contributed by atoms with Gasteiger partial charge in [-0.2, -0.15) is 0 Å². The summed E-state index contributed by atoms with van der Waals surface area (Å²) in [5.74, 6) is -0.392. The number of rotatable bonds is 3. The van der Waals surface area contributed by atoms with Gasteiger partial charge in [0.2, 0.25) is 9.47 Å².